The van der Waals surface area contributed by atoms with Gasteiger partial charge in [-0.1, -0.05) is 6.07 Å². The molecule has 5 heterocycles. The van der Waals surface area contributed by atoms with Gasteiger partial charge in [-0.2, -0.15) is 0 Å². The second-order valence-electron chi connectivity index (χ2n) is 9.95. The number of ether oxygens (including phenoxy) is 2. The topological polar surface area (TPSA) is 82.7 Å². The molecule has 6 rings (SSSR count). The average Bonchev–Trinajstić information content (AvgIpc) is 3.28. The fourth-order valence-electron chi connectivity index (χ4n) is 5.59. The Morgan fingerprint density at radius 2 is 2.00 bits per heavy atom. The summed E-state index contributed by atoms with van der Waals surface area (Å²) in [6.07, 6.45) is 4.80. The molecule has 0 radical (unpaired) electrons. The van der Waals surface area contributed by atoms with Gasteiger partial charge < -0.3 is 29.6 Å². The van der Waals surface area contributed by atoms with Gasteiger partial charge in [0.05, 0.1) is 38.5 Å². The smallest absolute Gasteiger partial charge is 0.320 e. The van der Waals surface area contributed by atoms with Crippen LogP contribution in [0.4, 0.5) is 4.79 Å². The number of pyridine rings is 1. The third-order valence-electron chi connectivity index (χ3n) is 7.63. The molecule has 3 aromatic rings. The number of fused-ring (bicyclic) bond motifs is 2. The Hall–Kier alpha value is -2.94. The molecule has 3 aliphatic heterocycles. The summed E-state index contributed by atoms with van der Waals surface area (Å²) in [5, 5.41) is 4.79. The van der Waals surface area contributed by atoms with E-state index in [0.29, 0.717) is 32.9 Å². The number of aromatic nitrogens is 2. The number of urea groups is 1. The lowest BCUT2D eigenvalue weighted by atomic mass is 9.87. The number of H-pyrrole nitrogens is 1. The van der Waals surface area contributed by atoms with E-state index < -0.39 is 0 Å². The molecule has 3 aliphatic rings. The predicted molar refractivity (Wildman–Crippen MR) is 134 cm³/mol. The monoisotopic (exact) mass is 475 g/mol. The van der Waals surface area contributed by atoms with Gasteiger partial charge in [-0.05, 0) is 60.2 Å². The molecule has 0 saturated carbocycles. The first-order valence-electron chi connectivity index (χ1n) is 12.6. The number of carbonyl (C=O) groups is 1. The summed E-state index contributed by atoms with van der Waals surface area (Å²) in [7, 11) is 0. The summed E-state index contributed by atoms with van der Waals surface area (Å²) in [6, 6.07) is 7.14. The first-order chi connectivity index (χ1) is 17.1. The van der Waals surface area contributed by atoms with Crippen molar-refractivity contribution in [2.75, 3.05) is 46.1 Å². The Morgan fingerprint density at radius 1 is 1.11 bits per heavy atom. The minimum absolute atomic E-state index is 0.104. The Morgan fingerprint density at radius 3 is 2.83 bits per heavy atom. The molecule has 35 heavy (non-hydrogen) atoms. The number of nitrogens with zero attached hydrogens (tertiary/aromatic N) is 3. The molecule has 1 aromatic carbocycles. The molecule has 2 N–H and O–H groups in total. The second kappa shape index (κ2) is 9.26. The van der Waals surface area contributed by atoms with Crippen molar-refractivity contribution in [3.05, 3.63) is 52.8 Å². The molecule has 0 aliphatic carbocycles. The van der Waals surface area contributed by atoms with E-state index in [1.165, 1.54) is 27.8 Å². The van der Waals surface area contributed by atoms with Crippen LogP contribution in [0, 0.1) is 6.92 Å². The van der Waals surface area contributed by atoms with Gasteiger partial charge in [0.1, 0.15) is 5.65 Å². The van der Waals surface area contributed by atoms with Gasteiger partial charge in [-0.25, -0.2) is 9.78 Å². The van der Waals surface area contributed by atoms with Crippen molar-refractivity contribution in [1.82, 2.24) is 25.1 Å². The highest BCUT2D eigenvalue weighted by Crippen LogP contribution is 2.35. The second-order valence-corrected chi connectivity index (χ2v) is 9.95. The van der Waals surface area contributed by atoms with Crippen molar-refractivity contribution >= 4 is 17.1 Å². The number of aryl methyl sites for hydroxylation is 1. The molecule has 2 fully saturated rings. The van der Waals surface area contributed by atoms with Crippen molar-refractivity contribution in [3.63, 3.8) is 0 Å². The zero-order valence-electron chi connectivity index (χ0n) is 20.5. The summed E-state index contributed by atoms with van der Waals surface area (Å²) in [4.78, 5) is 25.3. The van der Waals surface area contributed by atoms with Gasteiger partial charge >= 0.3 is 6.03 Å². The van der Waals surface area contributed by atoms with Crippen molar-refractivity contribution < 1.29 is 14.3 Å². The summed E-state index contributed by atoms with van der Waals surface area (Å²) in [5.41, 5.74) is 8.19. The maximum atomic E-state index is 13.4. The van der Waals surface area contributed by atoms with Crippen LogP contribution in [-0.4, -0.2) is 77.9 Å². The van der Waals surface area contributed by atoms with Crippen LogP contribution in [0.1, 0.15) is 35.2 Å². The first kappa shape index (κ1) is 22.5. The summed E-state index contributed by atoms with van der Waals surface area (Å²) in [6.45, 7) is 9.57. The van der Waals surface area contributed by atoms with Crippen LogP contribution in [0.5, 0.6) is 0 Å². The SMILES string of the molecule is Cc1c[nH]c2ncc(-c3cc4c(c([C@@H]5COCCN5)c3)CN(C(=O)N3CCOC[C@@H]3C)CC4)cc12. The van der Waals surface area contributed by atoms with Crippen molar-refractivity contribution in [2.24, 2.45) is 0 Å². The standard InChI is InChI=1S/C27H33N5O3/c1-17-12-29-26-22(17)11-21(13-30-26)20-9-19-3-5-31(27(33)32-6-8-35-15-18(32)2)14-24(19)23(10-20)25-16-34-7-4-28-25/h9-13,18,25,28H,3-8,14-16H2,1-2H3,(H,29,30)/t18-,25-/m0/s1. The largest absolute Gasteiger partial charge is 0.378 e. The highest BCUT2D eigenvalue weighted by molar-refractivity contribution is 5.84. The minimum atomic E-state index is 0.104. The molecular weight excluding hydrogens is 442 g/mol. The highest BCUT2D eigenvalue weighted by atomic mass is 16.5. The molecule has 2 saturated heterocycles. The van der Waals surface area contributed by atoms with Crippen LogP contribution >= 0.6 is 0 Å². The zero-order chi connectivity index (χ0) is 23.9. The number of aromatic amines is 1. The number of carbonyl (C=O) groups excluding carboxylic acids is 1. The Bertz CT molecular complexity index is 1250. The van der Waals surface area contributed by atoms with Gasteiger partial charge in [0.25, 0.3) is 0 Å². The van der Waals surface area contributed by atoms with Crippen molar-refractivity contribution in [2.45, 2.75) is 38.9 Å². The quantitative estimate of drug-likeness (QED) is 0.594. The van der Waals surface area contributed by atoms with E-state index >= 15 is 0 Å². The fourth-order valence-corrected chi connectivity index (χ4v) is 5.59. The van der Waals surface area contributed by atoms with Gasteiger partial charge in [-0.3, -0.25) is 0 Å². The molecule has 2 aromatic heterocycles. The molecule has 2 amide bonds. The van der Waals surface area contributed by atoms with Gasteiger partial charge in [0.2, 0.25) is 0 Å². The van der Waals surface area contributed by atoms with Gasteiger partial charge in [-0.15, -0.1) is 0 Å². The third kappa shape index (κ3) is 4.20. The lowest BCUT2D eigenvalue weighted by Crippen LogP contribution is -2.53. The Kier molecular flexibility index (Phi) is 5.96. The lowest BCUT2D eigenvalue weighted by Gasteiger charge is -2.40. The van der Waals surface area contributed by atoms with Crippen molar-refractivity contribution in [1.29, 1.82) is 0 Å². The van der Waals surface area contributed by atoms with E-state index in [-0.39, 0.29) is 18.1 Å². The molecule has 0 bridgehead atoms. The van der Waals surface area contributed by atoms with Crippen LogP contribution in [-0.2, 0) is 22.4 Å². The van der Waals surface area contributed by atoms with E-state index in [0.717, 1.165) is 42.7 Å². The van der Waals surface area contributed by atoms with Crippen molar-refractivity contribution in [3.8, 4) is 11.1 Å². The molecule has 2 atom stereocenters. The predicted octanol–water partition coefficient (Wildman–Crippen LogP) is 3.40. The summed E-state index contributed by atoms with van der Waals surface area (Å²) < 4.78 is 11.4. The van der Waals surface area contributed by atoms with Gasteiger partial charge in [0, 0.05) is 49.5 Å². The van der Waals surface area contributed by atoms with E-state index in [9.17, 15) is 4.79 Å². The summed E-state index contributed by atoms with van der Waals surface area (Å²) in [5.74, 6) is 0. The van der Waals surface area contributed by atoms with Crippen LogP contribution in [0.25, 0.3) is 22.2 Å². The number of benzene rings is 1. The van der Waals surface area contributed by atoms with Crippen LogP contribution < -0.4 is 5.32 Å². The van der Waals surface area contributed by atoms with E-state index in [2.05, 4.69) is 47.3 Å². The number of rotatable bonds is 2. The van der Waals surface area contributed by atoms with Crippen LogP contribution in [0.2, 0.25) is 0 Å². The normalized spacial score (nSPS) is 22.9. The molecule has 8 nitrogen and oxygen atoms in total. The number of amides is 2. The minimum Gasteiger partial charge on any atom is -0.378 e. The Balaban J connectivity index is 1.37. The average molecular weight is 476 g/mol. The maximum Gasteiger partial charge on any atom is 0.320 e. The lowest BCUT2D eigenvalue weighted by molar-refractivity contribution is 0.00929. The molecule has 0 unspecified atom stereocenters. The first-order valence-corrected chi connectivity index (χ1v) is 12.6. The van der Waals surface area contributed by atoms with E-state index in [4.69, 9.17) is 9.47 Å². The van der Waals surface area contributed by atoms with Crippen LogP contribution in [0.15, 0.2) is 30.6 Å². The molecular formula is C27H33N5O3. The highest BCUT2D eigenvalue weighted by Gasteiger charge is 2.32. The molecule has 184 valence electrons. The van der Waals surface area contributed by atoms with Crippen LogP contribution in [0.3, 0.4) is 0 Å². The van der Waals surface area contributed by atoms with E-state index in [1.807, 2.05) is 22.2 Å². The number of hydrogen-bond donors (Lipinski definition) is 2. The number of hydrogen-bond acceptors (Lipinski definition) is 5. The fraction of sp³-hybridized carbons (Fsp3) is 0.481. The zero-order valence-corrected chi connectivity index (χ0v) is 20.5. The Labute approximate surface area is 205 Å². The molecule has 0 spiro atoms. The third-order valence-corrected chi connectivity index (χ3v) is 7.63. The maximum absolute atomic E-state index is 13.4. The number of morpholine rings is 2. The summed E-state index contributed by atoms with van der Waals surface area (Å²) >= 11 is 0. The molecule has 8 heteroatoms. The van der Waals surface area contributed by atoms with E-state index in [1.54, 1.807) is 0 Å². The number of nitrogens with one attached hydrogen (secondary N) is 2. The van der Waals surface area contributed by atoms with Gasteiger partial charge in [0.15, 0.2) is 0 Å².